The monoisotopic (exact) mass is 434 g/mol. The quantitative estimate of drug-likeness (QED) is 0.433. The highest BCUT2D eigenvalue weighted by atomic mass is 19.1. The molecule has 0 radical (unpaired) electrons. The summed E-state index contributed by atoms with van der Waals surface area (Å²) in [4.78, 5) is 25.1. The van der Waals surface area contributed by atoms with E-state index in [9.17, 15) is 18.8 Å². The molecule has 11 heteroatoms. The van der Waals surface area contributed by atoms with Crippen LogP contribution in [0.2, 0.25) is 0 Å². The van der Waals surface area contributed by atoms with E-state index < -0.39 is 22.6 Å². The molecule has 0 bridgehead atoms. The van der Waals surface area contributed by atoms with Crippen LogP contribution in [0.5, 0.6) is 0 Å². The zero-order chi connectivity index (χ0) is 22.8. The van der Waals surface area contributed by atoms with E-state index in [1.54, 1.807) is 30.3 Å². The molecule has 4 rings (SSSR count). The molecule has 0 amide bonds. The molecule has 0 spiro atoms. The van der Waals surface area contributed by atoms with Gasteiger partial charge in [0.25, 0.3) is 5.56 Å². The second-order valence-corrected chi connectivity index (χ2v) is 6.74. The Balaban J connectivity index is 1.78. The maximum absolute atomic E-state index is 14.4. The SMILES string of the molecule is N#Cc1c(N)nc(N)nc1NCCc1nc2c(F)ccc(F)c2c(=O)n1-c1ccccc1. The first-order chi connectivity index (χ1) is 15.4. The van der Waals surface area contributed by atoms with Crippen molar-refractivity contribution in [2.45, 2.75) is 6.42 Å². The van der Waals surface area contributed by atoms with Gasteiger partial charge in [-0.2, -0.15) is 15.2 Å². The van der Waals surface area contributed by atoms with Crippen LogP contribution in [-0.4, -0.2) is 26.1 Å². The minimum atomic E-state index is -0.862. The van der Waals surface area contributed by atoms with Gasteiger partial charge in [0.05, 0.1) is 5.69 Å². The van der Waals surface area contributed by atoms with E-state index in [0.717, 1.165) is 12.1 Å². The van der Waals surface area contributed by atoms with E-state index in [1.807, 2.05) is 6.07 Å². The second kappa shape index (κ2) is 8.27. The maximum Gasteiger partial charge on any atom is 0.269 e. The average molecular weight is 434 g/mol. The first kappa shape index (κ1) is 20.7. The third-order valence-electron chi connectivity index (χ3n) is 4.72. The second-order valence-electron chi connectivity index (χ2n) is 6.74. The van der Waals surface area contributed by atoms with Crippen molar-refractivity contribution in [1.82, 2.24) is 19.5 Å². The number of halogens is 2. The molecule has 0 unspecified atom stereocenters. The number of fused-ring (bicyclic) bond motifs is 1. The minimum absolute atomic E-state index is 0.0132. The summed E-state index contributed by atoms with van der Waals surface area (Å²) in [5.41, 5.74) is 10.7. The first-order valence-corrected chi connectivity index (χ1v) is 9.42. The Kier molecular flexibility index (Phi) is 5.34. The van der Waals surface area contributed by atoms with Crippen LogP contribution < -0.4 is 22.3 Å². The maximum atomic E-state index is 14.4. The molecule has 9 nitrogen and oxygen atoms in total. The number of nitrogens with zero attached hydrogens (tertiary/aromatic N) is 5. The Hall–Kier alpha value is -4.59. The highest BCUT2D eigenvalue weighted by molar-refractivity contribution is 5.79. The normalized spacial score (nSPS) is 10.8. The van der Waals surface area contributed by atoms with Gasteiger partial charge in [-0.15, -0.1) is 0 Å². The molecule has 0 saturated carbocycles. The molecule has 0 aliphatic carbocycles. The van der Waals surface area contributed by atoms with Crippen LogP contribution in [0.15, 0.2) is 47.3 Å². The molecule has 0 fully saturated rings. The van der Waals surface area contributed by atoms with E-state index in [0.29, 0.717) is 5.69 Å². The van der Waals surface area contributed by atoms with Gasteiger partial charge < -0.3 is 16.8 Å². The zero-order valence-electron chi connectivity index (χ0n) is 16.5. The summed E-state index contributed by atoms with van der Waals surface area (Å²) in [7, 11) is 0. The molecule has 0 saturated heterocycles. The molecule has 0 aliphatic rings. The summed E-state index contributed by atoms with van der Waals surface area (Å²) in [6, 6.07) is 12.2. The van der Waals surface area contributed by atoms with E-state index in [-0.39, 0.29) is 47.5 Å². The average Bonchev–Trinajstić information content (AvgIpc) is 2.76. The van der Waals surface area contributed by atoms with Crippen LogP contribution in [0.25, 0.3) is 16.6 Å². The van der Waals surface area contributed by atoms with Gasteiger partial charge in [0.15, 0.2) is 5.82 Å². The Morgan fingerprint density at radius 1 is 1.03 bits per heavy atom. The number of nitrogens with one attached hydrogen (secondary N) is 1. The summed E-state index contributed by atoms with van der Waals surface area (Å²) in [5.74, 6) is -1.57. The van der Waals surface area contributed by atoms with Gasteiger partial charge >= 0.3 is 0 Å². The fraction of sp³-hybridized carbons (Fsp3) is 0.0952. The van der Waals surface area contributed by atoms with Crippen LogP contribution in [0.4, 0.5) is 26.4 Å². The fourth-order valence-electron chi connectivity index (χ4n) is 3.30. The third kappa shape index (κ3) is 3.65. The number of benzene rings is 2. The molecule has 160 valence electrons. The van der Waals surface area contributed by atoms with E-state index in [4.69, 9.17) is 11.5 Å². The van der Waals surface area contributed by atoms with Crippen molar-refractivity contribution in [3.05, 3.63) is 75.8 Å². The van der Waals surface area contributed by atoms with Crippen molar-refractivity contribution in [2.24, 2.45) is 0 Å². The van der Waals surface area contributed by atoms with Gasteiger partial charge in [0.1, 0.15) is 45.8 Å². The number of para-hydroxylation sites is 1. The number of hydrogen-bond donors (Lipinski definition) is 3. The predicted octanol–water partition coefficient (Wildman–Crippen LogP) is 2.14. The Labute approximate surface area is 180 Å². The molecule has 0 aliphatic heterocycles. The van der Waals surface area contributed by atoms with Gasteiger partial charge in [-0.25, -0.2) is 13.8 Å². The molecule has 5 N–H and O–H groups in total. The van der Waals surface area contributed by atoms with Crippen molar-refractivity contribution in [3.63, 3.8) is 0 Å². The lowest BCUT2D eigenvalue weighted by Gasteiger charge is -2.15. The number of rotatable bonds is 5. The fourth-order valence-corrected chi connectivity index (χ4v) is 3.30. The smallest absolute Gasteiger partial charge is 0.269 e. The lowest BCUT2D eigenvalue weighted by molar-refractivity contribution is 0.611. The predicted molar refractivity (Wildman–Crippen MR) is 115 cm³/mol. The van der Waals surface area contributed by atoms with Crippen molar-refractivity contribution >= 4 is 28.5 Å². The van der Waals surface area contributed by atoms with Gasteiger partial charge in [-0.3, -0.25) is 9.36 Å². The lowest BCUT2D eigenvalue weighted by atomic mass is 10.2. The van der Waals surface area contributed by atoms with Gasteiger partial charge in [-0.05, 0) is 24.3 Å². The van der Waals surface area contributed by atoms with Crippen LogP contribution in [0, 0.1) is 23.0 Å². The summed E-state index contributed by atoms with van der Waals surface area (Å²) in [6.45, 7) is 0.131. The van der Waals surface area contributed by atoms with Gasteiger partial charge in [0, 0.05) is 13.0 Å². The van der Waals surface area contributed by atoms with E-state index in [2.05, 4.69) is 20.3 Å². The van der Waals surface area contributed by atoms with Gasteiger partial charge in [-0.1, -0.05) is 18.2 Å². The van der Waals surface area contributed by atoms with Crippen molar-refractivity contribution in [2.75, 3.05) is 23.3 Å². The summed E-state index contributed by atoms with van der Waals surface area (Å²) in [6.07, 6.45) is 0.102. The molecular formula is C21H16F2N8O. The molecule has 2 aromatic carbocycles. The molecule has 4 aromatic rings. The number of anilines is 3. The molecular weight excluding hydrogens is 418 g/mol. The topological polar surface area (TPSA) is 149 Å². The highest BCUT2D eigenvalue weighted by Gasteiger charge is 2.19. The lowest BCUT2D eigenvalue weighted by Crippen LogP contribution is -2.26. The Morgan fingerprint density at radius 2 is 1.75 bits per heavy atom. The largest absolute Gasteiger partial charge is 0.382 e. The third-order valence-corrected chi connectivity index (χ3v) is 4.72. The number of nitriles is 1. The highest BCUT2D eigenvalue weighted by Crippen LogP contribution is 2.20. The van der Waals surface area contributed by atoms with E-state index in [1.165, 1.54) is 4.57 Å². The first-order valence-electron chi connectivity index (χ1n) is 9.42. The number of nitrogens with two attached hydrogens (primary N) is 2. The zero-order valence-corrected chi connectivity index (χ0v) is 16.5. The number of aromatic nitrogens is 4. The van der Waals surface area contributed by atoms with Crippen LogP contribution >= 0.6 is 0 Å². The van der Waals surface area contributed by atoms with Crippen molar-refractivity contribution in [3.8, 4) is 11.8 Å². The van der Waals surface area contributed by atoms with Crippen molar-refractivity contribution in [1.29, 1.82) is 5.26 Å². The molecule has 2 heterocycles. The molecule has 32 heavy (non-hydrogen) atoms. The Bertz CT molecular complexity index is 1430. The van der Waals surface area contributed by atoms with Crippen LogP contribution in [0.1, 0.15) is 11.4 Å². The van der Waals surface area contributed by atoms with E-state index >= 15 is 0 Å². The number of nitrogen functional groups attached to an aromatic ring is 2. The number of hydrogen-bond acceptors (Lipinski definition) is 8. The summed E-state index contributed by atoms with van der Waals surface area (Å²) >= 11 is 0. The standard InChI is InChI=1S/C21H16F2N8O/c22-13-6-7-14(23)17-16(13)20(32)31(11-4-2-1-3-5-11)15(28-17)8-9-27-19-12(10-24)18(25)29-21(26)30-19/h1-7H,8-9H2,(H5,25,26,27,29,30). The van der Waals surface area contributed by atoms with Crippen LogP contribution in [0.3, 0.4) is 0 Å². The minimum Gasteiger partial charge on any atom is -0.382 e. The molecule has 2 aromatic heterocycles. The molecule has 0 atom stereocenters. The van der Waals surface area contributed by atoms with Crippen molar-refractivity contribution < 1.29 is 8.78 Å². The van der Waals surface area contributed by atoms with Gasteiger partial charge in [0.2, 0.25) is 5.95 Å². The Morgan fingerprint density at radius 3 is 2.47 bits per heavy atom. The summed E-state index contributed by atoms with van der Waals surface area (Å²) in [5, 5.41) is 11.8. The summed E-state index contributed by atoms with van der Waals surface area (Å²) < 4.78 is 30.0. The van der Waals surface area contributed by atoms with Crippen LogP contribution in [-0.2, 0) is 6.42 Å².